The summed E-state index contributed by atoms with van der Waals surface area (Å²) in [5.74, 6) is 0.360. The predicted molar refractivity (Wildman–Crippen MR) is 118 cm³/mol. The minimum absolute atomic E-state index is 0.139. The van der Waals surface area contributed by atoms with E-state index in [-0.39, 0.29) is 18.2 Å². The summed E-state index contributed by atoms with van der Waals surface area (Å²) in [4.78, 5) is 36.0. The van der Waals surface area contributed by atoms with Crippen molar-refractivity contribution >= 4 is 40.2 Å². The van der Waals surface area contributed by atoms with E-state index in [0.29, 0.717) is 17.5 Å². The van der Waals surface area contributed by atoms with Gasteiger partial charge in [-0.25, -0.2) is 14.9 Å². The number of fused-ring (bicyclic) bond motifs is 1. The van der Waals surface area contributed by atoms with Crippen molar-refractivity contribution in [1.82, 2.24) is 9.97 Å². The molecule has 1 aromatic heterocycles. The molecular weight excluding hydrogens is 398 g/mol. The molecule has 0 radical (unpaired) electrons. The van der Waals surface area contributed by atoms with Crippen LogP contribution in [0.1, 0.15) is 30.2 Å². The Morgan fingerprint density at radius 3 is 2.60 bits per heavy atom. The molecule has 1 atom stereocenters. The van der Waals surface area contributed by atoms with Gasteiger partial charge in [-0.05, 0) is 69.2 Å². The number of imide groups is 1. The van der Waals surface area contributed by atoms with Gasteiger partial charge in [0.25, 0.3) is 0 Å². The van der Waals surface area contributed by atoms with E-state index < -0.39 is 5.25 Å². The van der Waals surface area contributed by atoms with Crippen LogP contribution in [-0.4, -0.2) is 33.6 Å². The Morgan fingerprint density at radius 2 is 1.87 bits per heavy atom. The van der Waals surface area contributed by atoms with E-state index >= 15 is 0 Å². The first-order valence-electron chi connectivity index (χ1n) is 9.89. The fourth-order valence-electron chi connectivity index (χ4n) is 3.50. The Labute approximate surface area is 179 Å². The summed E-state index contributed by atoms with van der Waals surface area (Å²) in [6.07, 6.45) is 0.139. The summed E-state index contributed by atoms with van der Waals surface area (Å²) < 4.78 is 5.55. The zero-order valence-corrected chi connectivity index (χ0v) is 18.2. The highest BCUT2D eigenvalue weighted by Gasteiger charge is 2.40. The standard InChI is InChI=1S/C23H23N3O3S/c1-5-29-17-8-9-19-18(11-17)15(4)24-23(25-19)30-20-12-21(27)26(22(20)28)16-7-6-13(2)14(3)10-16/h6-11,20H,5,12H2,1-4H3. The first-order chi connectivity index (χ1) is 14.4. The Balaban J connectivity index is 1.59. The van der Waals surface area contributed by atoms with Gasteiger partial charge in [0.15, 0.2) is 5.16 Å². The maximum Gasteiger partial charge on any atom is 0.247 e. The van der Waals surface area contributed by atoms with Crippen molar-refractivity contribution in [1.29, 1.82) is 0 Å². The maximum atomic E-state index is 13.0. The van der Waals surface area contributed by atoms with Crippen molar-refractivity contribution in [2.24, 2.45) is 0 Å². The van der Waals surface area contributed by atoms with Crippen LogP contribution in [0.3, 0.4) is 0 Å². The molecule has 3 aromatic rings. The van der Waals surface area contributed by atoms with Crippen LogP contribution < -0.4 is 9.64 Å². The van der Waals surface area contributed by atoms with Crippen molar-refractivity contribution in [3.63, 3.8) is 0 Å². The quantitative estimate of drug-likeness (QED) is 0.450. The van der Waals surface area contributed by atoms with E-state index in [4.69, 9.17) is 4.74 Å². The third kappa shape index (κ3) is 3.77. The first-order valence-corrected chi connectivity index (χ1v) is 10.8. The molecule has 0 spiro atoms. The first kappa shape index (κ1) is 20.3. The van der Waals surface area contributed by atoms with Gasteiger partial charge < -0.3 is 4.74 Å². The summed E-state index contributed by atoms with van der Waals surface area (Å²) in [6.45, 7) is 8.41. The predicted octanol–water partition coefficient (Wildman–Crippen LogP) is 4.38. The van der Waals surface area contributed by atoms with E-state index in [2.05, 4.69) is 9.97 Å². The van der Waals surface area contributed by atoms with Crippen LogP contribution in [0.2, 0.25) is 0 Å². The monoisotopic (exact) mass is 421 g/mol. The van der Waals surface area contributed by atoms with E-state index in [1.807, 2.05) is 64.1 Å². The van der Waals surface area contributed by atoms with Gasteiger partial charge in [0.1, 0.15) is 11.0 Å². The van der Waals surface area contributed by atoms with Crippen LogP contribution in [0.25, 0.3) is 10.9 Å². The van der Waals surface area contributed by atoms with E-state index in [1.54, 1.807) is 0 Å². The number of aromatic nitrogens is 2. The number of hydrogen-bond donors (Lipinski definition) is 0. The van der Waals surface area contributed by atoms with E-state index in [1.165, 1.54) is 16.7 Å². The minimum atomic E-state index is -0.529. The topological polar surface area (TPSA) is 72.4 Å². The number of rotatable bonds is 5. The molecule has 2 heterocycles. The smallest absolute Gasteiger partial charge is 0.247 e. The van der Waals surface area contributed by atoms with E-state index in [9.17, 15) is 9.59 Å². The van der Waals surface area contributed by atoms with Gasteiger partial charge in [0.05, 0.1) is 17.8 Å². The Bertz CT molecular complexity index is 1160. The largest absolute Gasteiger partial charge is 0.494 e. The third-order valence-corrected chi connectivity index (χ3v) is 6.30. The maximum absolute atomic E-state index is 13.0. The molecule has 1 unspecified atom stereocenters. The normalized spacial score (nSPS) is 16.5. The van der Waals surface area contributed by atoms with Crippen molar-refractivity contribution in [2.45, 2.75) is 44.5 Å². The van der Waals surface area contributed by atoms with Crippen molar-refractivity contribution in [2.75, 3.05) is 11.5 Å². The Morgan fingerprint density at radius 1 is 1.07 bits per heavy atom. The zero-order chi connectivity index (χ0) is 21.4. The lowest BCUT2D eigenvalue weighted by molar-refractivity contribution is -0.121. The lowest BCUT2D eigenvalue weighted by Crippen LogP contribution is -2.31. The molecule has 7 heteroatoms. The number of anilines is 1. The fraction of sp³-hybridized carbons (Fsp3) is 0.304. The molecule has 30 heavy (non-hydrogen) atoms. The highest BCUT2D eigenvalue weighted by molar-refractivity contribution is 8.00. The molecule has 2 aromatic carbocycles. The van der Waals surface area contributed by atoms with Crippen LogP contribution in [0, 0.1) is 20.8 Å². The number of benzene rings is 2. The van der Waals surface area contributed by atoms with E-state index in [0.717, 1.165) is 33.5 Å². The number of amides is 2. The average Bonchev–Trinajstić information content (AvgIpc) is 2.98. The molecule has 6 nitrogen and oxygen atoms in total. The van der Waals surface area contributed by atoms with Crippen molar-refractivity contribution < 1.29 is 14.3 Å². The van der Waals surface area contributed by atoms with Gasteiger partial charge >= 0.3 is 0 Å². The number of hydrogen-bond acceptors (Lipinski definition) is 6. The molecular formula is C23H23N3O3S. The Hall–Kier alpha value is -2.93. The van der Waals surface area contributed by atoms with Crippen LogP contribution in [-0.2, 0) is 9.59 Å². The molecule has 0 aliphatic carbocycles. The minimum Gasteiger partial charge on any atom is -0.494 e. The highest BCUT2D eigenvalue weighted by Crippen LogP contribution is 2.34. The number of ether oxygens (including phenoxy) is 1. The summed E-state index contributed by atoms with van der Waals surface area (Å²) in [5, 5.41) is 0.881. The number of nitrogens with zero attached hydrogens (tertiary/aromatic N) is 3. The third-order valence-electron chi connectivity index (χ3n) is 5.25. The summed E-state index contributed by atoms with van der Waals surface area (Å²) >= 11 is 1.25. The second-order valence-electron chi connectivity index (χ2n) is 7.35. The SMILES string of the molecule is CCOc1ccc2nc(SC3CC(=O)N(c4ccc(C)c(C)c4)C3=O)nc(C)c2c1. The molecule has 1 aliphatic rings. The van der Waals surface area contributed by atoms with Gasteiger partial charge in [0, 0.05) is 17.5 Å². The van der Waals surface area contributed by atoms with Crippen LogP contribution >= 0.6 is 11.8 Å². The molecule has 154 valence electrons. The molecule has 0 N–H and O–H groups in total. The average molecular weight is 422 g/mol. The second-order valence-corrected chi connectivity index (χ2v) is 8.52. The van der Waals surface area contributed by atoms with Gasteiger partial charge in [-0.1, -0.05) is 17.8 Å². The molecule has 0 saturated carbocycles. The Kier molecular flexibility index (Phi) is 5.47. The van der Waals surface area contributed by atoms with Crippen molar-refractivity contribution in [3.8, 4) is 5.75 Å². The second kappa shape index (κ2) is 8.07. The van der Waals surface area contributed by atoms with Gasteiger partial charge in [0.2, 0.25) is 11.8 Å². The van der Waals surface area contributed by atoms with Crippen LogP contribution in [0.15, 0.2) is 41.6 Å². The lowest BCUT2D eigenvalue weighted by Gasteiger charge is -2.16. The molecule has 4 rings (SSSR count). The van der Waals surface area contributed by atoms with Gasteiger partial charge in [-0.15, -0.1) is 0 Å². The lowest BCUT2D eigenvalue weighted by atomic mass is 10.1. The highest BCUT2D eigenvalue weighted by atomic mass is 32.2. The van der Waals surface area contributed by atoms with Crippen LogP contribution in [0.4, 0.5) is 5.69 Å². The summed E-state index contributed by atoms with van der Waals surface area (Å²) in [6, 6.07) is 11.3. The molecule has 1 aliphatic heterocycles. The fourth-order valence-corrected chi connectivity index (χ4v) is 4.53. The number of carbonyl (C=O) groups is 2. The van der Waals surface area contributed by atoms with Crippen LogP contribution in [0.5, 0.6) is 5.75 Å². The zero-order valence-electron chi connectivity index (χ0n) is 17.4. The van der Waals surface area contributed by atoms with Crippen molar-refractivity contribution in [3.05, 3.63) is 53.2 Å². The number of thioether (sulfide) groups is 1. The summed E-state index contributed by atoms with van der Waals surface area (Å²) in [5.41, 5.74) is 4.39. The summed E-state index contributed by atoms with van der Waals surface area (Å²) in [7, 11) is 0. The number of carbonyl (C=O) groups excluding carboxylic acids is 2. The van der Waals surface area contributed by atoms with Gasteiger partial charge in [-0.2, -0.15) is 0 Å². The number of aryl methyl sites for hydroxylation is 3. The molecule has 0 bridgehead atoms. The molecule has 1 fully saturated rings. The molecule has 2 amide bonds. The molecule has 1 saturated heterocycles. The van der Waals surface area contributed by atoms with Gasteiger partial charge in [-0.3, -0.25) is 9.59 Å².